The number of aromatic nitrogens is 2. The normalized spacial score (nSPS) is 16.4. The Hall–Kier alpha value is -1.47. The smallest absolute Gasteiger partial charge is 0.248 e. The third-order valence-electron chi connectivity index (χ3n) is 3.03. The Balaban J connectivity index is 1.72. The van der Waals surface area contributed by atoms with Crippen molar-refractivity contribution in [3.63, 3.8) is 0 Å². The Labute approximate surface area is 132 Å². The fourth-order valence-electron chi connectivity index (χ4n) is 2.09. The van der Waals surface area contributed by atoms with Crippen LogP contribution < -0.4 is 10.6 Å². The number of halogens is 2. The number of carbonyl (C=O) groups excluding carboxylic acids is 1. The number of nitrogens with zero attached hydrogens (tertiary/aromatic N) is 2. The molecule has 0 radical (unpaired) electrons. The van der Waals surface area contributed by atoms with E-state index < -0.39 is 0 Å². The van der Waals surface area contributed by atoms with Gasteiger partial charge in [-0.3, -0.25) is 4.79 Å². The van der Waals surface area contributed by atoms with Gasteiger partial charge in [-0.25, -0.2) is 9.97 Å². The fraction of sp³-hybridized carbons (Fsp3) is 0.154. The van der Waals surface area contributed by atoms with Crippen molar-refractivity contribution in [1.29, 1.82) is 0 Å². The van der Waals surface area contributed by atoms with Crippen molar-refractivity contribution in [3.8, 4) is 0 Å². The van der Waals surface area contributed by atoms with Crippen LogP contribution in [0.25, 0.3) is 0 Å². The molecule has 3 rings (SSSR count). The quantitative estimate of drug-likeness (QED) is 0.817. The van der Waals surface area contributed by atoms with E-state index in [1.165, 1.54) is 6.20 Å². The summed E-state index contributed by atoms with van der Waals surface area (Å²) in [5, 5.41) is 5.97. The number of hydrogen-bond donors (Lipinski definition) is 2. The summed E-state index contributed by atoms with van der Waals surface area (Å²) in [7, 11) is 0. The molecule has 0 fully saturated rings. The highest BCUT2D eigenvalue weighted by molar-refractivity contribution is 9.11. The molecule has 1 amide bonds. The maximum atomic E-state index is 12.2. The van der Waals surface area contributed by atoms with Crippen molar-refractivity contribution < 1.29 is 4.79 Å². The van der Waals surface area contributed by atoms with Crippen LogP contribution in [0.3, 0.4) is 0 Å². The van der Waals surface area contributed by atoms with Gasteiger partial charge in [0.25, 0.3) is 0 Å². The molecule has 2 N–H and O–H groups in total. The van der Waals surface area contributed by atoms with Crippen LogP contribution in [-0.4, -0.2) is 21.9 Å². The van der Waals surface area contributed by atoms with Crippen LogP contribution in [0, 0.1) is 0 Å². The Morgan fingerprint density at radius 3 is 2.90 bits per heavy atom. The van der Waals surface area contributed by atoms with E-state index in [4.69, 9.17) is 0 Å². The molecular weight excluding hydrogens is 388 g/mol. The highest BCUT2D eigenvalue weighted by atomic mass is 79.9. The van der Waals surface area contributed by atoms with Crippen LogP contribution in [0.5, 0.6) is 0 Å². The van der Waals surface area contributed by atoms with Gasteiger partial charge in [-0.1, -0.05) is 18.2 Å². The van der Waals surface area contributed by atoms with E-state index in [1.54, 1.807) is 0 Å². The monoisotopic (exact) mass is 396 g/mol. The van der Waals surface area contributed by atoms with Gasteiger partial charge in [0, 0.05) is 12.1 Å². The first kappa shape index (κ1) is 13.5. The third kappa shape index (κ3) is 2.69. The molecule has 5 nitrogen and oxygen atoms in total. The van der Waals surface area contributed by atoms with Gasteiger partial charge >= 0.3 is 0 Å². The Morgan fingerprint density at radius 1 is 1.35 bits per heavy atom. The summed E-state index contributed by atoms with van der Waals surface area (Å²) >= 11 is 6.49. The average molecular weight is 398 g/mol. The molecular formula is C13H10Br2N4O. The molecule has 1 aromatic carbocycles. The van der Waals surface area contributed by atoms with E-state index in [2.05, 4.69) is 52.5 Å². The van der Waals surface area contributed by atoms with Gasteiger partial charge in [-0.05, 0) is 43.5 Å². The first-order valence-corrected chi connectivity index (χ1v) is 7.55. The van der Waals surface area contributed by atoms with Gasteiger partial charge in [0.05, 0.1) is 6.20 Å². The number of fused-ring (bicyclic) bond motifs is 1. The molecule has 0 bridgehead atoms. The van der Waals surface area contributed by atoms with Gasteiger partial charge < -0.3 is 10.6 Å². The average Bonchev–Trinajstić information content (AvgIpc) is 2.86. The van der Waals surface area contributed by atoms with Crippen LogP contribution >= 0.6 is 31.9 Å². The lowest BCUT2D eigenvalue weighted by Crippen LogP contribution is -2.33. The maximum absolute atomic E-state index is 12.2. The molecule has 0 aliphatic carbocycles. The van der Waals surface area contributed by atoms with E-state index in [1.807, 2.05) is 24.3 Å². The van der Waals surface area contributed by atoms with E-state index in [0.717, 1.165) is 11.3 Å². The van der Waals surface area contributed by atoms with Crippen molar-refractivity contribution in [3.05, 3.63) is 45.2 Å². The molecule has 1 aliphatic heterocycles. The summed E-state index contributed by atoms with van der Waals surface area (Å²) in [6.07, 6.45) is 2.21. The lowest BCUT2D eigenvalue weighted by molar-refractivity contribution is -0.116. The zero-order valence-corrected chi connectivity index (χ0v) is 13.4. The molecule has 1 aromatic heterocycles. The van der Waals surface area contributed by atoms with Crippen molar-refractivity contribution in [2.75, 3.05) is 10.6 Å². The van der Waals surface area contributed by atoms with Gasteiger partial charge in [-0.15, -0.1) is 0 Å². The molecule has 2 aromatic rings. The molecule has 0 saturated heterocycles. The van der Waals surface area contributed by atoms with Crippen molar-refractivity contribution in [2.45, 2.75) is 12.5 Å². The minimum atomic E-state index is -0.287. The second-order valence-corrected chi connectivity index (χ2v) is 5.94. The van der Waals surface area contributed by atoms with E-state index in [-0.39, 0.29) is 11.9 Å². The van der Waals surface area contributed by atoms with Gasteiger partial charge in [0.15, 0.2) is 5.82 Å². The van der Waals surface area contributed by atoms with Gasteiger partial charge in [0.2, 0.25) is 5.91 Å². The summed E-state index contributed by atoms with van der Waals surface area (Å²) in [5.74, 6) is 0.287. The van der Waals surface area contributed by atoms with E-state index in [9.17, 15) is 4.79 Å². The number of carbonyl (C=O) groups is 1. The van der Waals surface area contributed by atoms with Crippen molar-refractivity contribution in [2.24, 2.45) is 0 Å². The molecule has 2 heterocycles. The standard InChI is InChI=1S/C13H10Br2N4O/c14-10-6-16-12(11(15)18-10)19-13(20)9-5-7-3-1-2-4-8(7)17-9/h1-4,6,9,17H,5H2,(H,16,19,20)/t9-/m0/s1. The molecule has 0 saturated carbocycles. The number of benzene rings is 1. The first-order chi connectivity index (χ1) is 9.63. The molecule has 1 atom stereocenters. The topological polar surface area (TPSA) is 66.9 Å². The molecule has 0 unspecified atom stereocenters. The van der Waals surface area contributed by atoms with Gasteiger partial charge in [-0.2, -0.15) is 0 Å². The summed E-state index contributed by atoms with van der Waals surface area (Å²) in [6, 6.07) is 7.62. The van der Waals surface area contributed by atoms with Crippen molar-refractivity contribution >= 4 is 49.3 Å². The van der Waals surface area contributed by atoms with Crippen LogP contribution in [0.4, 0.5) is 11.5 Å². The van der Waals surface area contributed by atoms with Crippen molar-refractivity contribution in [1.82, 2.24) is 9.97 Å². The number of amides is 1. The number of hydrogen-bond acceptors (Lipinski definition) is 4. The highest BCUT2D eigenvalue weighted by Crippen LogP contribution is 2.26. The summed E-state index contributed by atoms with van der Waals surface area (Å²) in [4.78, 5) is 20.5. The molecule has 102 valence electrons. The molecule has 0 spiro atoms. The number of para-hydroxylation sites is 1. The van der Waals surface area contributed by atoms with Crippen LogP contribution in [0.1, 0.15) is 5.56 Å². The zero-order chi connectivity index (χ0) is 14.1. The lowest BCUT2D eigenvalue weighted by atomic mass is 10.1. The summed E-state index contributed by atoms with van der Waals surface area (Å²) < 4.78 is 1.10. The van der Waals surface area contributed by atoms with Gasteiger partial charge in [0.1, 0.15) is 15.2 Å². The number of anilines is 2. The second kappa shape index (κ2) is 5.49. The van der Waals surface area contributed by atoms with E-state index in [0.29, 0.717) is 21.4 Å². The van der Waals surface area contributed by atoms with Crippen LogP contribution in [-0.2, 0) is 11.2 Å². The predicted molar refractivity (Wildman–Crippen MR) is 83.6 cm³/mol. The molecule has 7 heteroatoms. The van der Waals surface area contributed by atoms with Crippen LogP contribution in [0.15, 0.2) is 39.7 Å². The molecule has 20 heavy (non-hydrogen) atoms. The van der Waals surface area contributed by atoms with Crippen LogP contribution in [0.2, 0.25) is 0 Å². The summed E-state index contributed by atoms with van der Waals surface area (Å²) in [5.41, 5.74) is 2.15. The maximum Gasteiger partial charge on any atom is 0.248 e. The predicted octanol–water partition coefficient (Wildman–Crippen LogP) is 2.98. The first-order valence-electron chi connectivity index (χ1n) is 5.97. The minimum absolute atomic E-state index is 0.126. The Morgan fingerprint density at radius 2 is 2.15 bits per heavy atom. The largest absolute Gasteiger partial charge is 0.373 e. The third-order valence-corrected chi connectivity index (χ3v) is 3.96. The highest BCUT2D eigenvalue weighted by Gasteiger charge is 2.27. The summed E-state index contributed by atoms with van der Waals surface area (Å²) in [6.45, 7) is 0. The molecule has 1 aliphatic rings. The Kier molecular flexibility index (Phi) is 3.71. The minimum Gasteiger partial charge on any atom is -0.373 e. The Bertz CT molecular complexity index is 652. The number of rotatable bonds is 2. The fourth-order valence-corrected chi connectivity index (χ4v) is 3.00. The zero-order valence-electron chi connectivity index (χ0n) is 10.2. The SMILES string of the molecule is O=C(Nc1ncc(Br)nc1Br)[C@@H]1Cc2ccccc2N1. The lowest BCUT2D eigenvalue weighted by Gasteiger charge is -2.12. The number of nitrogens with one attached hydrogen (secondary N) is 2. The second-order valence-electron chi connectivity index (χ2n) is 4.38. The van der Waals surface area contributed by atoms with E-state index >= 15 is 0 Å².